The second-order valence-electron chi connectivity index (χ2n) is 8.17. The van der Waals surface area contributed by atoms with Gasteiger partial charge in [-0.15, -0.1) is 0 Å². The van der Waals surface area contributed by atoms with Gasteiger partial charge in [-0.05, 0) is 36.4 Å². The lowest BCUT2D eigenvalue weighted by Crippen LogP contribution is -2.62. The summed E-state index contributed by atoms with van der Waals surface area (Å²) in [7, 11) is 1.31. The van der Waals surface area contributed by atoms with Crippen LogP contribution >= 0.6 is 0 Å². The Morgan fingerprint density at radius 3 is 1.41 bits per heavy atom. The molecule has 1 fully saturated rings. The molecular formula is C28H26O9. The zero-order valence-electron chi connectivity index (χ0n) is 20.0. The van der Waals surface area contributed by atoms with Crippen LogP contribution in [0, 0.1) is 0 Å². The molecule has 0 saturated carbocycles. The Balaban J connectivity index is 1.69. The Morgan fingerprint density at radius 2 is 1.03 bits per heavy atom. The minimum Gasteiger partial charge on any atom is -0.452 e. The first-order chi connectivity index (χ1) is 18.0. The number of carbonyl (C=O) groups is 3. The highest BCUT2D eigenvalue weighted by Crippen LogP contribution is 2.30. The van der Waals surface area contributed by atoms with Crippen molar-refractivity contribution in [2.45, 2.75) is 30.7 Å². The summed E-state index contributed by atoms with van der Waals surface area (Å²) in [6.07, 6.45) is -6.40. The van der Waals surface area contributed by atoms with Gasteiger partial charge in [0.1, 0.15) is 6.10 Å². The molecule has 0 spiro atoms. The standard InChI is InChI=1S/C28H26O9/c1-33-28-24(37-27(32)20-15-9-4-10-16-20)23(36-26(31)19-13-7-3-8-14-19)22(21(17-29)34-28)35-25(30)18-11-5-2-6-12-18/h2-16,21-24,28-29H,17H2,1H3/t21-,22-,23+,24-,28+/m1/s1. The molecular weight excluding hydrogens is 480 g/mol. The van der Waals surface area contributed by atoms with Gasteiger partial charge < -0.3 is 28.8 Å². The predicted octanol–water partition coefficient (Wildman–Crippen LogP) is 3.03. The maximum Gasteiger partial charge on any atom is 0.338 e. The van der Waals surface area contributed by atoms with Crippen LogP contribution in [-0.4, -0.2) is 67.4 Å². The van der Waals surface area contributed by atoms with E-state index < -0.39 is 55.2 Å². The molecule has 3 aromatic rings. The number of aliphatic hydroxyl groups excluding tert-OH is 1. The molecule has 0 bridgehead atoms. The van der Waals surface area contributed by atoms with Crippen LogP contribution in [0.15, 0.2) is 91.0 Å². The molecule has 1 aliphatic rings. The zero-order valence-corrected chi connectivity index (χ0v) is 20.0. The number of esters is 3. The monoisotopic (exact) mass is 506 g/mol. The Bertz CT molecular complexity index is 1120. The average molecular weight is 507 g/mol. The van der Waals surface area contributed by atoms with E-state index in [1.54, 1.807) is 91.0 Å². The van der Waals surface area contributed by atoms with Crippen LogP contribution in [0.3, 0.4) is 0 Å². The van der Waals surface area contributed by atoms with Crippen molar-refractivity contribution in [3.63, 3.8) is 0 Å². The molecule has 5 atom stereocenters. The van der Waals surface area contributed by atoms with Crippen LogP contribution in [0.2, 0.25) is 0 Å². The first kappa shape index (κ1) is 26.0. The van der Waals surface area contributed by atoms with E-state index in [4.69, 9.17) is 23.7 Å². The fourth-order valence-corrected chi connectivity index (χ4v) is 3.91. The number of benzene rings is 3. The van der Waals surface area contributed by atoms with Gasteiger partial charge in [0.2, 0.25) is 0 Å². The largest absolute Gasteiger partial charge is 0.452 e. The second-order valence-corrected chi connectivity index (χ2v) is 8.17. The molecule has 1 aliphatic heterocycles. The highest BCUT2D eigenvalue weighted by molar-refractivity contribution is 5.91. The van der Waals surface area contributed by atoms with E-state index in [0.29, 0.717) is 0 Å². The Morgan fingerprint density at radius 1 is 0.649 bits per heavy atom. The van der Waals surface area contributed by atoms with Crippen molar-refractivity contribution in [3.05, 3.63) is 108 Å². The second kappa shape index (κ2) is 12.3. The molecule has 3 aromatic carbocycles. The molecule has 9 nitrogen and oxygen atoms in total. The van der Waals surface area contributed by atoms with Gasteiger partial charge in [-0.1, -0.05) is 54.6 Å². The van der Waals surface area contributed by atoms with Gasteiger partial charge in [-0.25, -0.2) is 14.4 Å². The molecule has 4 rings (SSSR count). The minimum atomic E-state index is -1.37. The first-order valence-electron chi connectivity index (χ1n) is 11.6. The lowest BCUT2D eigenvalue weighted by atomic mass is 9.97. The summed E-state index contributed by atoms with van der Waals surface area (Å²) in [6.45, 7) is -0.592. The summed E-state index contributed by atoms with van der Waals surface area (Å²) in [4.78, 5) is 38.9. The third-order valence-electron chi connectivity index (χ3n) is 5.76. The summed E-state index contributed by atoms with van der Waals surface area (Å²) in [6, 6.07) is 24.5. The van der Waals surface area contributed by atoms with Crippen molar-refractivity contribution in [2.75, 3.05) is 13.7 Å². The number of hydrogen-bond acceptors (Lipinski definition) is 9. The van der Waals surface area contributed by atoms with E-state index >= 15 is 0 Å². The molecule has 0 radical (unpaired) electrons. The summed E-state index contributed by atoms with van der Waals surface area (Å²) in [5, 5.41) is 10.1. The van der Waals surface area contributed by atoms with E-state index in [0.717, 1.165) is 0 Å². The number of carbonyl (C=O) groups excluding carboxylic acids is 3. The Hall–Kier alpha value is -4.05. The Kier molecular flexibility index (Phi) is 8.63. The lowest BCUT2D eigenvalue weighted by molar-refractivity contribution is -0.292. The minimum absolute atomic E-state index is 0.227. The van der Waals surface area contributed by atoms with Gasteiger partial charge in [-0.2, -0.15) is 0 Å². The van der Waals surface area contributed by atoms with Crippen LogP contribution in [0.4, 0.5) is 0 Å². The number of rotatable bonds is 8. The summed E-state index contributed by atoms with van der Waals surface area (Å²) < 4.78 is 28.3. The topological polar surface area (TPSA) is 118 Å². The van der Waals surface area contributed by atoms with Crippen LogP contribution in [0.5, 0.6) is 0 Å². The van der Waals surface area contributed by atoms with Crippen molar-refractivity contribution in [3.8, 4) is 0 Å². The third kappa shape index (κ3) is 6.21. The van der Waals surface area contributed by atoms with E-state index in [1.165, 1.54) is 7.11 Å². The summed E-state index contributed by atoms with van der Waals surface area (Å²) >= 11 is 0. The number of hydrogen-bond donors (Lipinski definition) is 1. The highest BCUT2D eigenvalue weighted by atomic mass is 16.7. The predicted molar refractivity (Wildman–Crippen MR) is 130 cm³/mol. The number of ether oxygens (including phenoxy) is 5. The molecule has 0 aliphatic carbocycles. The van der Waals surface area contributed by atoms with E-state index in [2.05, 4.69) is 0 Å². The molecule has 0 amide bonds. The van der Waals surface area contributed by atoms with Crippen LogP contribution < -0.4 is 0 Å². The van der Waals surface area contributed by atoms with Crippen LogP contribution in [0.1, 0.15) is 31.1 Å². The van der Waals surface area contributed by atoms with Crippen molar-refractivity contribution in [1.29, 1.82) is 0 Å². The van der Waals surface area contributed by atoms with E-state index in [1.807, 2.05) is 0 Å². The van der Waals surface area contributed by atoms with Crippen molar-refractivity contribution in [1.82, 2.24) is 0 Å². The third-order valence-corrected chi connectivity index (χ3v) is 5.76. The molecule has 0 aromatic heterocycles. The molecule has 0 unspecified atom stereocenters. The van der Waals surface area contributed by atoms with Gasteiger partial charge in [0.05, 0.1) is 23.3 Å². The highest BCUT2D eigenvalue weighted by Gasteiger charge is 2.52. The maximum atomic E-state index is 13.1. The zero-order chi connectivity index (χ0) is 26.2. The lowest BCUT2D eigenvalue weighted by Gasteiger charge is -2.43. The summed E-state index contributed by atoms with van der Waals surface area (Å²) in [5.74, 6) is -2.22. The van der Waals surface area contributed by atoms with Gasteiger partial charge in [0, 0.05) is 7.11 Å². The van der Waals surface area contributed by atoms with Crippen molar-refractivity contribution < 1.29 is 43.2 Å². The molecule has 1 N–H and O–H groups in total. The summed E-state index contributed by atoms with van der Waals surface area (Å²) in [5.41, 5.74) is 0.705. The Labute approximate surface area is 213 Å². The van der Waals surface area contributed by atoms with Crippen LogP contribution in [-0.2, 0) is 23.7 Å². The fraction of sp³-hybridized carbons (Fsp3) is 0.250. The van der Waals surface area contributed by atoms with E-state index in [-0.39, 0.29) is 16.7 Å². The number of methoxy groups -OCH3 is 1. The smallest absolute Gasteiger partial charge is 0.338 e. The van der Waals surface area contributed by atoms with Gasteiger partial charge in [0.15, 0.2) is 24.6 Å². The van der Waals surface area contributed by atoms with Crippen molar-refractivity contribution >= 4 is 17.9 Å². The van der Waals surface area contributed by atoms with Crippen LogP contribution in [0.25, 0.3) is 0 Å². The number of aliphatic hydroxyl groups is 1. The SMILES string of the molecule is CO[C@H]1O[C@H](CO)[C@@H](OC(=O)c2ccccc2)[C@H](OC(=O)c2ccccc2)[C@H]1OC(=O)c1ccccc1. The normalized spacial score (nSPS) is 23.0. The van der Waals surface area contributed by atoms with Gasteiger partial charge in [-0.3, -0.25) is 0 Å². The molecule has 192 valence electrons. The molecule has 1 heterocycles. The average Bonchev–Trinajstić information content (AvgIpc) is 2.95. The molecule has 1 saturated heterocycles. The first-order valence-corrected chi connectivity index (χ1v) is 11.6. The quantitative estimate of drug-likeness (QED) is 0.363. The van der Waals surface area contributed by atoms with Crippen molar-refractivity contribution in [2.24, 2.45) is 0 Å². The maximum absolute atomic E-state index is 13.1. The van der Waals surface area contributed by atoms with Gasteiger partial charge in [0.25, 0.3) is 0 Å². The molecule has 9 heteroatoms. The molecule has 37 heavy (non-hydrogen) atoms. The van der Waals surface area contributed by atoms with Gasteiger partial charge >= 0.3 is 17.9 Å². The van der Waals surface area contributed by atoms with E-state index in [9.17, 15) is 19.5 Å². The fourth-order valence-electron chi connectivity index (χ4n) is 3.91.